The van der Waals surface area contributed by atoms with Crippen molar-refractivity contribution in [1.29, 1.82) is 5.26 Å². The Labute approximate surface area is 100 Å². The fraction of sp³-hybridized carbons (Fsp3) is 0.417. The van der Waals surface area contributed by atoms with Gasteiger partial charge >= 0.3 is 0 Å². The maximum absolute atomic E-state index is 10.4. The van der Waals surface area contributed by atoms with Crippen LogP contribution < -0.4 is 5.32 Å². The molecule has 0 aliphatic heterocycles. The molecule has 17 heavy (non-hydrogen) atoms. The van der Waals surface area contributed by atoms with E-state index in [2.05, 4.69) is 11.4 Å². The number of nitrogens with one attached hydrogen (secondary N) is 1. The zero-order valence-electron chi connectivity index (χ0n) is 9.72. The van der Waals surface area contributed by atoms with Gasteiger partial charge in [0.25, 0.3) is 5.69 Å². The van der Waals surface area contributed by atoms with Gasteiger partial charge in [-0.15, -0.1) is 0 Å². The minimum Gasteiger partial charge on any atom is -0.315 e. The van der Waals surface area contributed by atoms with Crippen LogP contribution in [0.1, 0.15) is 12.5 Å². The van der Waals surface area contributed by atoms with Gasteiger partial charge in [-0.1, -0.05) is 12.1 Å². The summed E-state index contributed by atoms with van der Waals surface area (Å²) >= 11 is 0. The van der Waals surface area contributed by atoms with Crippen LogP contribution in [0.2, 0.25) is 0 Å². The largest absolute Gasteiger partial charge is 0.315 e. The Hall–Kier alpha value is -1.93. The fourth-order valence-corrected chi connectivity index (χ4v) is 1.38. The summed E-state index contributed by atoms with van der Waals surface area (Å²) in [5, 5.41) is 22.2. The van der Waals surface area contributed by atoms with Crippen LogP contribution in [0.4, 0.5) is 5.69 Å². The molecule has 1 rings (SSSR count). The molecule has 5 heteroatoms. The fourth-order valence-electron chi connectivity index (χ4n) is 1.38. The molecule has 0 bridgehead atoms. The molecule has 1 aromatic carbocycles. The molecule has 1 unspecified atom stereocenters. The van der Waals surface area contributed by atoms with E-state index in [0.29, 0.717) is 6.54 Å². The number of hydrogen-bond donors (Lipinski definition) is 1. The van der Waals surface area contributed by atoms with E-state index < -0.39 is 4.92 Å². The minimum absolute atomic E-state index is 0.00635. The first-order valence-corrected chi connectivity index (χ1v) is 5.47. The van der Waals surface area contributed by atoms with Gasteiger partial charge in [0.05, 0.1) is 16.9 Å². The minimum atomic E-state index is -0.406. The van der Waals surface area contributed by atoms with Gasteiger partial charge in [0.15, 0.2) is 0 Å². The summed E-state index contributed by atoms with van der Waals surface area (Å²) in [5.74, 6) is 0.00635. The van der Waals surface area contributed by atoms with Crippen LogP contribution in [0.3, 0.4) is 0 Å². The molecule has 0 aliphatic rings. The van der Waals surface area contributed by atoms with Crippen molar-refractivity contribution < 1.29 is 4.92 Å². The van der Waals surface area contributed by atoms with Crippen molar-refractivity contribution in [2.24, 2.45) is 5.92 Å². The van der Waals surface area contributed by atoms with Crippen molar-refractivity contribution in [3.63, 3.8) is 0 Å². The second-order valence-corrected chi connectivity index (χ2v) is 3.91. The number of hydrogen-bond acceptors (Lipinski definition) is 4. The zero-order chi connectivity index (χ0) is 12.7. The highest BCUT2D eigenvalue weighted by Crippen LogP contribution is 2.11. The summed E-state index contributed by atoms with van der Waals surface area (Å²) in [4.78, 5) is 10.0. The van der Waals surface area contributed by atoms with E-state index in [1.807, 2.05) is 6.92 Å². The topological polar surface area (TPSA) is 79.0 Å². The molecular weight excluding hydrogens is 218 g/mol. The highest BCUT2D eigenvalue weighted by Gasteiger charge is 2.03. The summed E-state index contributed by atoms with van der Waals surface area (Å²) in [6.07, 6.45) is 0.802. The standard InChI is InChI=1S/C12H15N3O2/c1-10(8-13)9-14-7-6-11-2-4-12(5-3-11)15(16)17/h2-5,10,14H,6-7,9H2,1H3. The highest BCUT2D eigenvalue weighted by atomic mass is 16.6. The Morgan fingerprint density at radius 1 is 1.47 bits per heavy atom. The van der Waals surface area contributed by atoms with Gasteiger partial charge in [-0.2, -0.15) is 5.26 Å². The lowest BCUT2D eigenvalue weighted by molar-refractivity contribution is -0.384. The van der Waals surface area contributed by atoms with Gasteiger partial charge in [-0.05, 0) is 25.5 Å². The average molecular weight is 233 g/mol. The van der Waals surface area contributed by atoms with Crippen molar-refractivity contribution in [1.82, 2.24) is 5.32 Å². The molecule has 0 aliphatic carbocycles. The molecule has 0 saturated heterocycles. The van der Waals surface area contributed by atoms with Crippen LogP contribution in [0.5, 0.6) is 0 Å². The first-order chi connectivity index (χ1) is 8.13. The summed E-state index contributed by atoms with van der Waals surface area (Å²) in [6.45, 7) is 3.30. The van der Waals surface area contributed by atoms with Crippen molar-refractivity contribution in [3.8, 4) is 6.07 Å². The molecule has 0 amide bonds. The predicted octanol–water partition coefficient (Wildman–Crippen LogP) is 1.89. The summed E-state index contributed by atoms with van der Waals surface area (Å²) in [7, 11) is 0. The quantitative estimate of drug-likeness (QED) is 0.462. The van der Waals surface area contributed by atoms with Gasteiger partial charge in [0.2, 0.25) is 0 Å². The van der Waals surface area contributed by atoms with E-state index in [1.54, 1.807) is 12.1 Å². The van der Waals surface area contributed by atoms with Crippen LogP contribution >= 0.6 is 0 Å². The average Bonchev–Trinajstić information content (AvgIpc) is 2.34. The SMILES string of the molecule is CC(C#N)CNCCc1ccc([N+](=O)[O-])cc1. The van der Waals surface area contributed by atoms with Gasteiger partial charge in [-0.3, -0.25) is 10.1 Å². The van der Waals surface area contributed by atoms with E-state index in [1.165, 1.54) is 12.1 Å². The summed E-state index contributed by atoms with van der Waals surface area (Å²) in [6, 6.07) is 8.68. The monoisotopic (exact) mass is 233 g/mol. The third-order valence-corrected chi connectivity index (χ3v) is 2.41. The molecule has 0 saturated carbocycles. The molecule has 5 nitrogen and oxygen atoms in total. The number of benzene rings is 1. The number of nitro benzene ring substituents is 1. The Balaban J connectivity index is 2.33. The number of non-ortho nitro benzene ring substituents is 1. The van der Waals surface area contributed by atoms with Gasteiger partial charge in [-0.25, -0.2) is 0 Å². The lowest BCUT2D eigenvalue weighted by atomic mass is 10.1. The van der Waals surface area contributed by atoms with E-state index in [0.717, 1.165) is 18.5 Å². The summed E-state index contributed by atoms with van der Waals surface area (Å²) in [5.41, 5.74) is 1.16. The normalized spacial score (nSPS) is 11.8. The molecule has 0 aromatic heterocycles. The Kier molecular flexibility index (Phi) is 5.11. The number of nitriles is 1. The van der Waals surface area contributed by atoms with Crippen LogP contribution in [0, 0.1) is 27.4 Å². The van der Waals surface area contributed by atoms with Crippen LogP contribution in [0.25, 0.3) is 0 Å². The molecule has 1 N–H and O–H groups in total. The molecule has 90 valence electrons. The second kappa shape index (κ2) is 6.61. The molecule has 1 atom stereocenters. The number of rotatable bonds is 6. The van der Waals surface area contributed by atoms with Crippen molar-refractivity contribution in [2.75, 3.05) is 13.1 Å². The third-order valence-electron chi connectivity index (χ3n) is 2.41. The van der Waals surface area contributed by atoms with Crippen molar-refractivity contribution in [3.05, 3.63) is 39.9 Å². The molecule has 0 fully saturated rings. The molecule has 0 spiro atoms. The van der Waals surface area contributed by atoms with Crippen LogP contribution in [0.15, 0.2) is 24.3 Å². The molecule has 0 radical (unpaired) electrons. The number of nitro groups is 1. The van der Waals surface area contributed by atoms with E-state index >= 15 is 0 Å². The lowest BCUT2D eigenvalue weighted by Crippen LogP contribution is -2.22. The Morgan fingerprint density at radius 3 is 2.65 bits per heavy atom. The molecular formula is C12H15N3O2. The van der Waals surface area contributed by atoms with Crippen LogP contribution in [-0.2, 0) is 6.42 Å². The zero-order valence-corrected chi connectivity index (χ0v) is 9.72. The van der Waals surface area contributed by atoms with E-state index in [-0.39, 0.29) is 11.6 Å². The van der Waals surface area contributed by atoms with Gasteiger partial charge in [0.1, 0.15) is 0 Å². The van der Waals surface area contributed by atoms with Crippen molar-refractivity contribution in [2.45, 2.75) is 13.3 Å². The molecule has 0 heterocycles. The Bertz CT molecular complexity index is 409. The smallest absolute Gasteiger partial charge is 0.269 e. The first kappa shape index (κ1) is 13.1. The Morgan fingerprint density at radius 2 is 2.12 bits per heavy atom. The number of nitrogens with zero attached hydrogens (tertiary/aromatic N) is 2. The van der Waals surface area contributed by atoms with Crippen molar-refractivity contribution >= 4 is 5.69 Å². The lowest BCUT2D eigenvalue weighted by Gasteiger charge is -2.05. The maximum atomic E-state index is 10.4. The van der Waals surface area contributed by atoms with E-state index in [9.17, 15) is 10.1 Å². The maximum Gasteiger partial charge on any atom is 0.269 e. The van der Waals surface area contributed by atoms with Crippen LogP contribution in [-0.4, -0.2) is 18.0 Å². The predicted molar refractivity (Wildman–Crippen MR) is 64.4 cm³/mol. The van der Waals surface area contributed by atoms with E-state index in [4.69, 9.17) is 5.26 Å². The van der Waals surface area contributed by atoms with Gasteiger partial charge in [0, 0.05) is 18.7 Å². The van der Waals surface area contributed by atoms with Gasteiger partial charge < -0.3 is 5.32 Å². The first-order valence-electron chi connectivity index (χ1n) is 5.47. The third kappa shape index (κ3) is 4.62. The molecule has 1 aromatic rings. The second-order valence-electron chi connectivity index (χ2n) is 3.91. The summed E-state index contributed by atoms with van der Waals surface area (Å²) < 4.78 is 0. The highest BCUT2D eigenvalue weighted by molar-refractivity contribution is 5.32.